The van der Waals surface area contributed by atoms with Gasteiger partial charge in [-0.3, -0.25) is 10.1 Å². The van der Waals surface area contributed by atoms with Crippen molar-refractivity contribution in [1.29, 1.82) is 0 Å². The maximum absolute atomic E-state index is 10.6. The van der Waals surface area contributed by atoms with Crippen LogP contribution in [0.2, 0.25) is 0 Å². The zero-order valence-corrected chi connectivity index (χ0v) is 7.12. The second kappa shape index (κ2) is 3.08. The Balaban J connectivity index is 2.76. The lowest BCUT2D eigenvalue weighted by Gasteiger charge is -1.96. The summed E-state index contributed by atoms with van der Waals surface area (Å²) >= 11 is 0. The Bertz CT molecular complexity index is 492. The molecule has 1 aromatic carbocycles. The van der Waals surface area contributed by atoms with Crippen molar-refractivity contribution in [3.63, 3.8) is 0 Å². The molecule has 1 N–H and O–H groups in total. The van der Waals surface area contributed by atoms with Crippen LogP contribution < -0.4 is 0 Å². The molecule has 0 radical (unpaired) electrons. The van der Waals surface area contributed by atoms with Crippen molar-refractivity contribution in [3.8, 4) is 0 Å². The third-order valence-electron chi connectivity index (χ3n) is 2.00. The van der Waals surface area contributed by atoms with Gasteiger partial charge < -0.3 is 5.11 Å². The van der Waals surface area contributed by atoms with Crippen LogP contribution >= 0.6 is 0 Å². The molecule has 1 heterocycles. The van der Waals surface area contributed by atoms with Gasteiger partial charge in [-0.2, -0.15) is 5.10 Å². The Kier molecular flexibility index (Phi) is 1.90. The number of fused-ring (bicyclic) bond motifs is 1. The first-order valence-electron chi connectivity index (χ1n) is 3.94. The minimum Gasteiger partial charge on any atom is -0.374 e. The predicted octanol–water partition coefficient (Wildman–Crippen LogP) is 0.894. The third kappa shape index (κ3) is 1.12. The summed E-state index contributed by atoms with van der Waals surface area (Å²) in [5, 5.41) is 23.8. The molecule has 0 amide bonds. The number of aliphatic hydroxyl groups is 1. The average Bonchev–Trinajstić information content (AvgIpc) is 2.59. The van der Waals surface area contributed by atoms with Crippen LogP contribution in [0.3, 0.4) is 0 Å². The molecular weight excluding hydrogens is 186 g/mol. The molecule has 72 valence electrons. The second-order valence-electron chi connectivity index (χ2n) is 2.75. The smallest absolute Gasteiger partial charge is 0.280 e. The van der Waals surface area contributed by atoms with Crippen LogP contribution in [-0.4, -0.2) is 19.8 Å². The van der Waals surface area contributed by atoms with Crippen molar-refractivity contribution in [2.24, 2.45) is 0 Å². The molecule has 0 fully saturated rings. The summed E-state index contributed by atoms with van der Waals surface area (Å²) in [5.41, 5.74) is 0.559. The van der Waals surface area contributed by atoms with Gasteiger partial charge in [0.25, 0.3) is 5.69 Å². The molecule has 0 spiro atoms. The number of aromatic nitrogens is 2. The number of hydrogen-bond acceptors (Lipinski definition) is 4. The lowest BCUT2D eigenvalue weighted by atomic mass is 10.2. The summed E-state index contributed by atoms with van der Waals surface area (Å²) in [6.07, 6.45) is 1.38. The van der Waals surface area contributed by atoms with Gasteiger partial charge in [-0.25, -0.2) is 4.68 Å². The van der Waals surface area contributed by atoms with Gasteiger partial charge in [0.2, 0.25) is 0 Å². The Morgan fingerprint density at radius 2 is 2.36 bits per heavy atom. The first-order valence-corrected chi connectivity index (χ1v) is 3.94. The van der Waals surface area contributed by atoms with E-state index in [1.54, 1.807) is 12.1 Å². The Morgan fingerprint density at radius 1 is 1.57 bits per heavy atom. The topological polar surface area (TPSA) is 81.2 Å². The highest BCUT2D eigenvalue weighted by molar-refractivity contribution is 5.87. The first-order chi connectivity index (χ1) is 6.74. The number of rotatable bonds is 2. The van der Waals surface area contributed by atoms with Crippen molar-refractivity contribution in [3.05, 3.63) is 34.5 Å². The highest BCUT2D eigenvalue weighted by Crippen LogP contribution is 2.24. The monoisotopic (exact) mass is 193 g/mol. The molecule has 0 saturated carbocycles. The highest BCUT2D eigenvalue weighted by atomic mass is 16.6. The fraction of sp³-hybridized carbons (Fsp3) is 0.125. The van der Waals surface area contributed by atoms with E-state index in [1.165, 1.54) is 16.9 Å². The number of non-ortho nitro benzene ring substituents is 1. The van der Waals surface area contributed by atoms with Gasteiger partial charge in [-0.05, 0) is 6.07 Å². The van der Waals surface area contributed by atoms with Gasteiger partial charge in [0, 0.05) is 6.07 Å². The standard InChI is InChI=1S/C8H7N3O3/c12-5-10-7-2-1-3-8(11(13)14)6(7)4-9-10/h1-4,12H,5H2. The minimum absolute atomic E-state index is 0.00204. The van der Waals surface area contributed by atoms with E-state index in [-0.39, 0.29) is 12.4 Å². The molecule has 0 atom stereocenters. The number of aliphatic hydroxyl groups excluding tert-OH is 1. The average molecular weight is 193 g/mol. The van der Waals surface area contributed by atoms with E-state index in [0.29, 0.717) is 10.9 Å². The molecule has 6 heteroatoms. The zero-order chi connectivity index (χ0) is 10.1. The molecule has 1 aromatic heterocycles. The van der Waals surface area contributed by atoms with Gasteiger partial charge in [-0.1, -0.05) is 6.07 Å². The van der Waals surface area contributed by atoms with E-state index >= 15 is 0 Å². The van der Waals surface area contributed by atoms with Crippen molar-refractivity contribution < 1.29 is 10.0 Å². The van der Waals surface area contributed by atoms with Crippen LogP contribution in [0.4, 0.5) is 5.69 Å². The molecule has 0 bridgehead atoms. The van der Waals surface area contributed by atoms with Crippen LogP contribution in [0.25, 0.3) is 10.9 Å². The van der Waals surface area contributed by atoms with Crippen LogP contribution in [-0.2, 0) is 6.73 Å². The number of nitrogens with zero attached hydrogens (tertiary/aromatic N) is 3. The largest absolute Gasteiger partial charge is 0.374 e. The van der Waals surface area contributed by atoms with Crippen LogP contribution in [0.5, 0.6) is 0 Å². The summed E-state index contributed by atoms with van der Waals surface area (Å²) in [6.45, 7) is -0.287. The van der Waals surface area contributed by atoms with Crippen molar-refractivity contribution in [1.82, 2.24) is 9.78 Å². The molecule has 14 heavy (non-hydrogen) atoms. The number of nitro benzene ring substituents is 1. The maximum Gasteiger partial charge on any atom is 0.280 e. The third-order valence-corrected chi connectivity index (χ3v) is 2.00. The van der Waals surface area contributed by atoms with Gasteiger partial charge in [0.1, 0.15) is 6.73 Å². The minimum atomic E-state index is -0.467. The Labute approximate surface area is 78.5 Å². The fourth-order valence-corrected chi connectivity index (χ4v) is 1.36. The van der Waals surface area contributed by atoms with Crippen LogP contribution in [0.15, 0.2) is 24.4 Å². The van der Waals surface area contributed by atoms with Crippen molar-refractivity contribution in [2.75, 3.05) is 0 Å². The van der Waals surface area contributed by atoms with E-state index in [0.717, 1.165) is 0 Å². The number of nitro groups is 1. The number of benzene rings is 1. The Hall–Kier alpha value is -1.95. The SMILES string of the molecule is O=[N+]([O-])c1cccc2c1cnn2CO. The molecule has 0 saturated heterocycles. The van der Waals surface area contributed by atoms with Crippen molar-refractivity contribution in [2.45, 2.75) is 6.73 Å². The predicted molar refractivity (Wildman–Crippen MR) is 48.6 cm³/mol. The Morgan fingerprint density at radius 3 is 3.00 bits per heavy atom. The first kappa shape index (κ1) is 8.64. The summed E-state index contributed by atoms with van der Waals surface area (Å²) in [4.78, 5) is 10.2. The van der Waals surface area contributed by atoms with Crippen LogP contribution in [0, 0.1) is 10.1 Å². The van der Waals surface area contributed by atoms with Gasteiger partial charge in [0.15, 0.2) is 0 Å². The molecule has 6 nitrogen and oxygen atoms in total. The zero-order valence-electron chi connectivity index (χ0n) is 7.12. The quantitative estimate of drug-likeness (QED) is 0.567. The molecule has 2 rings (SSSR count). The van der Waals surface area contributed by atoms with E-state index in [2.05, 4.69) is 5.10 Å². The lowest BCUT2D eigenvalue weighted by molar-refractivity contribution is -0.383. The molecule has 0 aliphatic rings. The summed E-state index contributed by atoms with van der Waals surface area (Å²) in [6, 6.07) is 4.64. The van der Waals surface area contributed by atoms with E-state index < -0.39 is 4.92 Å². The molecular formula is C8H7N3O3. The fourth-order valence-electron chi connectivity index (χ4n) is 1.36. The summed E-state index contributed by atoms with van der Waals surface area (Å²) in [7, 11) is 0. The van der Waals surface area contributed by atoms with Gasteiger partial charge in [-0.15, -0.1) is 0 Å². The maximum atomic E-state index is 10.6. The second-order valence-corrected chi connectivity index (χ2v) is 2.75. The van der Waals surface area contributed by atoms with E-state index in [1.807, 2.05) is 0 Å². The molecule has 0 aliphatic carbocycles. The van der Waals surface area contributed by atoms with Gasteiger partial charge >= 0.3 is 0 Å². The summed E-state index contributed by atoms with van der Waals surface area (Å²) < 4.78 is 1.29. The van der Waals surface area contributed by atoms with Crippen LogP contribution in [0.1, 0.15) is 0 Å². The van der Waals surface area contributed by atoms with E-state index in [9.17, 15) is 10.1 Å². The molecule has 0 unspecified atom stereocenters. The highest BCUT2D eigenvalue weighted by Gasteiger charge is 2.13. The molecule has 0 aliphatic heterocycles. The van der Waals surface area contributed by atoms with Gasteiger partial charge in [0.05, 0.1) is 22.0 Å². The molecule has 2 aromatic rings. The summed E-state index contributed by atoms with van der Waals surface area (Å²) in [5.74, 6) is 0. The lowest BCUT2D eigenvalue weighted by Crippen LogP contribution is -1.97. The van der Waals surface area contributed by atoms with E-state index in [4.69, 9.17) is 5.11 Å². The number of hydrogen-bond donors (Lipinski definition) is 1. The van der Waals surface area contributed by atoms with Crippen molar-refractivity contribution >= 4 is 16.6 Å². The normalized spacial score (nSPS) is 10.6.